The molecule has 0 saturated carbocycles. The molecule has 2 rings (SSSR count). The van der Waals surface area contributed by atoms with Crippen molar-refractivity contribution in [3.8, 4) is 6.07 Å². The van der Waals surface area contributed by atoms with Crippen molar-refractivity contribution in [3.63, 3.8) is 0 Å². The molecule has 2 atom stereocenters. The topological polar surface area (TPSA) is 27.0 Å². The predicted octanol–water partition coefficient (Wildman–Crippen LogP) is 4.60. The first-order valence-electron chi connectivity index (χ1n) is 8.09. The van der Waals surface area contributed by atoms with E-state index in [4.69, 9.17) is 0 Å². The van der Waals surface area contributed by atoms with Crippen LogP contribution in [0.2, 0.25) is 0 Å². The Kier molecular flexibility index (Phi) is 5.21. The lowest BCUT2D eigenvalue weighted by atomic mass is 9.67. The first-order valence-corrected chi connectivity index (χ1v) is 8.09. The van der Waals surface area contributed by atoms with Crippen molar-refractivity contribution >= 4 is 10.8 Å². The number of nitrogens with zero attached hydrogens (tertiary/aromatic N) is 2. The Morgan fingerprint density at radius 3 is 2.45 bits per heavy atom. The molecule has 0 spiro atoms. The highest BCUT2D eigenvalue weighted by molar-refractivity contribution is 5.87. The fourth-order valence-electron chi connectivity index (χ4n) is 3.24. The van der Waals surface area contributed by atoms with E-state index in [1.54, 1.807) is 0 Å². The quantitative estimate of drug-likeness (QED) is 0.778. The van der Waals surface area contributed by atoms with E-state index < -0.39 is 5.41 Å². The molecule has 0 bridgehead atoms. The van der Waals surface area contributed by atoms with Gasteiger partial charge in [0, 0.05) is 0 Å². The molecule has 2 aromatic carbocycles. The highest BCUT2D eigenvalue weighted by Crippen LogP contribution is 2.40. The van der Waals surface area contributed by atoms with Gasteiger partial charge in [0.2, 0.25) is 0 Å². The van der Waals surface area contributed by atoms with Crippen LogP contribution in [-0.4, -0.2) is 25.5 Å². The summed E-state index contributed by atoms with van der Waals surface area (Å²) >= 11 is 0. The van der Waals surface area contributed by atoms with Crippen molar-refractivity contribution in [3.05, 3.63) is 48.0 Å². The van der Waals surface area contributed by atoms with Crippen LogP contribution in [0.4, 0.5) is 0 Å². The Balaban J connectivity index is 2.63. The number of hydrogen-bond donors (Lipinski definition) is 0. The molecule has 0 aromatic heterocycles. The smallest absolute Gasteiger partial charge is 0.0865 e. The van der Waals surface area contributed by atoms with Crippen LogP contribution in [0, 0.1) is 17.2 Å². The molecule has 0 aliphatic carbocycles. The van der Waals surface area contributed by atoms with Gasteiger partial charge in [0.05, 0.1) is 11.5 Å². The second kappa shape index (κ2) is 6.94. The van der Waals surface area contributed by atoms with Gasteiger partial charge in [0.25, 0.3) is 0 Å². The molecule has 0 fully saturated rings. The summed E-state index contributed by atoms with van der Waals surface area (Å²) in [5.74, 6) is 0.322. The van der Waals surface area contributed by atoms with Gasteiger partial charge in [-0.1, -0.05) is 62.7 Å². The summed E-state index contributed by atoms with van der Waals surface area (Å²) in [5.41, 5.74) is 0.754. The van der Waals surface area contributed by atoms with E-state index in [2.05, 4.69) is 81.4 Å². The lowest BCUT2D eigenvalue weighted by molar-refractivity contribution is 0.286. The van der Waals surface area contributed by atoms with Crippen LogP contribution in [0.5, 0.6) is 0 Å². The van der Waals surface area contributed by atoms with Gasteiger partial charge in [0.15, 0.2) is 0 Å². The highest BCUT2D eigenvalue weighted by atomic mass is 15.0. The molecule has 0 N–H and O–H groups in total. The third-order valence-corrected chi connectivity index (χ3v) is 4.88. The van der Waals surface area contributed by atoms with Gasteiger partial charge in [0.1, 0.15) is 0 Å². The maximum absolute atomic E-state index is 10.1. The minimum absolute atomic E-state index is 0.322. The third-order valence-electron chi connectivity index (χ3n) is 4.88. The van der Waals surface area contributed by atoms with Crippen LogP contribution in [0.3, 0.4) is 0 Å². The van der Waals surface area contributed by atoms with E-state index in [0.29, 0.717) is 5.92 Å². The molecule has 22 heavy (non-hydrogen) atoms. The summed E-state index contributed by atoms with van der Waals surface area (Å²) in [6, 6.07) is 17.5. The normalized spacial score (nSPS) is 15.5. The maximum Gasteiger partial charge on any atom is 0.0865 e. The minimum atomic E-state index is -0.431. The lowest BCUT2D eigenvalue weighted by Crippen LogP contribution is -2.35. The van der Waals surface area contributed by atoms with E-state index in [1.807, 2.05) is 0 Å². The minimum Gasteiger partial charge on any atom is -0.309 e. The zero-order chi connectivity index (χ0) is 16.2. The molecule has 2 unspecified atom stereocenters. The molecule has 0 aliphatic rings. The molecule has 116 valence electrons. The van der Waals surface area contributed by atoms with E-state index in [0.717, 1.165) is 19.4 Å². The van der Waals surface area contributed by atoms with Crippen molar-refractivity contribution in [1.29, 1.82) is 5.26 Å². The SMILES string of the molecule is CCC(C)C(C#N)(CCN(C)C)c1cccc2ccccc12. The van der Waals surface area contributed by atoms with Crippen LogP contribution in [0.15, 0.2) is 42.5 Å². The molecule has 0 amide bonds. The highest BCUT2D eigenvalue weighted by Gasteiger charge is 2.38. The molecule has 0 radical (unpaired) electrons. The lowest BCUT2D eigenvalue weighted by Gasteiger charge is -2.35. The average Bonchev–Trinajstić information content (AvgIpc) is 2.55. The van der Waals surface area contributed by atoms with E-state index in [9.17, 15) is 5.26 Å². The number of hydrogen-bond acceptors (Lipinski definition) is 2. The van der Waals surface area contributed by atoms with Gasteiger partial charge in [-0.05, 0) is 49.3 Å². The molecule has 0 aliphatic heterocycles. The summed E-state index contributed by atoms with van der Waals surface area (Å²) in [6.07, 6.45) is 1.86. The Labute approximate surface area is 134 Å². The van der Waals surface area contributed by atoms with Gasteiger partial charge in [-0.15, -0.1) is 0 Å². The summed E-state index contributed by atoms with van der Waals surface area (Å²) in [7, 11) is 4.14. The molecule has 0 heterocycles. The summed E-state index contributed by atoms with van der Waals surface area (Å²) < 4.78 is 0. The number of nitriles is 1. The van der Waals surface area contributed by atoms with Crippen molar-refractivity contribution in [2.45, 2.75) is 32.1 Å². The van der Waals surface area contributed by atoms with Crippen LogP contribution in [0.1, 0.15) is 32.3 Å². The van der Waals surface area contributed by atoms with Crippen molar-refractivity contribution < 1.29 is 0 Å². The fourth-order valence-corrected chi connectivity index (χ4v) is 3.24. The molecule has 2 nitrogen and oxygen atoms in total. The Morgan fingerprint density at radius 2 is 1.82 bits per heavy atom. The van der Waals surface area contributed by atoms with Crippen molar-refractivity contribution in [1.82, 2.24) is 4.90 Å². The summed E-state index contributed by atoms with van der Waals surface area (Å²) in [4.78, 5) is 2.17. The van der Waals surface area contributed by atoms with Crippen LogP contribution in [0.25, 0.3) is 10.8 Å². The molecule has 0 saturated heterocycles. The van der Waals surface area contributed by atoms with E-state index in [1.165, 1.54) is 16.3 Å². The number of rotatable bonds is 6. The summed E-state index contributed by atoms with van der Waals surface area (Å²) in [6.45, 7) is 5.30. The zero-order valence-corrected chi connectivity index (χ0v) is 14.1. The van der Waals surface area contributed by atoms with Crippen molar-refractivity contribution in [2.24, 2.45) is 5.92 Å². The second-order valence-corrected chi connectivity index (χ2v) is 6.47. The Bertz CT molecular complexity index is 663. The third kappa shape index (κ3) is 3.00. The maximum atomic E-state index is 10.1. The van der Waals surface area contributed by atoms with Crippen molar-refractivity contribution in [2.75, 3.05) is 20.6 Å². The van der Waals surface area contributed by atoms with Gasteiger partial charge in [-0.3, -0.25) is 0 Å². The average molecular weight is 294 g/mol. The van der Waals surface area contributed by atoms with Gasteiger partial charge in [-0.25, -0.2) is 0 Å². The standard InChI is InChI=1S/C20H26N2/c1-5-16(2)20(15-21,13-14-22(3)4)19-12-8-10-17-9-6-7-11-18(17)19/h6-12,16H,5,13-14H2,1-4H3. The second-order valence-electron chi connectivity index (χ2n) is 6.47. The molecule has 2 heteroatoms. The van der Waals surface area contributed by atoms with E-state index >= 15 is 0 Å². The zero-order valence-electron chi connectivity index (χ0n) is 14.1. The predicted molar refractivity (Wildman–Crippen MR) is 93.9 cm³/mol. The largest absolute Gasteiger partial charge is 0.309 e. The summed E-state index contributed by atoms with van der Waals surface area (Å²) in [5, 5.41) is 12.6. The van der Waals surface area contributed by atoms with E-state index in [-0.39, 0.29) is 0 Å². The number of fused-ring (bicyclic) bond motifs is 1. The van der Waals surface area contributed by atoms with Crippen LogP contribution < -0.4 is 0 Å². The number of benzene rings is 2. The first-order chi connectivity index (χ1) is 10.5. The first kappa shape index (κ1) is 16.5. The monoisotopic (exact) mass is 294 g/mol. The molecule has 2 aromatic rings. The van der Waals surface area contributed by atoms with Crippen LogP contribution in [-0.2, 0) is 5.41 Å². The Hall–Kier alpha value is -1.85. The van der Waals surface area contributed by atoms with Gasteiger partial charge >= 0.3 is 0 Å². The fraction of sp³-hybridized carbons (Fsp3) is 0.450. The van der Waals surface area contributed by atoms with Gasteiger partial charge < -0.3 is 4.90 Å². The molecular weight excluding hydrogens is 268 g/mol. The van der Waals surface area contributed by atoms with Gasteiger partial charge in [-0.2, -0.15) is 5.26 Å². The Morgan fingerprint density at radius 1 is 1.14 bits per heavy atom. The van der Waals surface area contributed by atoms with Crippen LogP contribution >= 0.6 is 0 Å². The molecular formula is C20H26N2.